The van der Waals surface area contributed by atoms with Crippen LogP contribution in [0.15, 0.2) is 36.4 Å². The summed E-state index contributed by atoms with van der Waals surface area (Å²) in [5.41, 5.74) is 3.06. The van der Waals surface area contributed by atoms with Crippen LogP contribution in [0, 0.1) is 0 Å². The Kier molecular flexibility index (Phi) is 5.76. The Balaban J connectivity index is 1.85. The molecule has 1 atom stereocenters. The van der Waals surface area contributed by atoms with Crippen LogP contribution in [0.25, 0.3) is 0 Å². The number of nitrogens with zero attached hydrogens (tertiary/aromatic N) is 2. The maximum absolute atomic E-state index is 13.0. The quantitative estimate of drug-likeness (QED) is 0.856. The van der Waals surface area contributed by atoms with Crippen molar-refractivity contribution in [3.05, 3.63) is 63.1 Å². The number of aromatic hydroxyl groups is 1. The van der Waals surface area contributed by atoms with Crippen LogP contribution in [-0.2, 0) is 17.6 Å². The third kappa shape index (κ3) is 4.14. The molecule has 0 saturated heterocycles. The minimum Gasteiger partial charge on any atom is -0.508 e. The summed E-state index contributed by atoms with van der Waals surface area (Å²) in [5.74, 6) is 0.330. The number of hydrogen-bond acceptors (Lipinski definition) is 3. The number of amides is 1. The highest BCUT2D eigenvalue weighted by Gasteiger charge is 2.31. The number of phenols is 1. The van der Waals surface area contributed by atoms with E-state index in [1.807, 2.05) is 31.1 Å². The molecular weight excluding hydrogens is 371 g/mol. The van der Waals surface area contributed by atoms with Gasteiger partial charge in [-0.05, 0) is 61.5 Å². The molecule has 1 aliphatic heterocycles. The van der Waals surface area contributed by atoms with Crippen molar-refractivity contribution in [3.8, 4) is 5.75 Å². The fraction of sp³-hybridized carbons (Fsp3) is 0.350. The van der Waals surface area contributed by atoms with E-state index in [1.54, 1.807) is 24.3 Å². The highest BCUT2D eigenvalue weighted by Crippen LogP contribution is 2.33. The third-order valence-corrected chi connectivity index (χ3v) is 5.42. The van der Waals surface area contributed by atoms with Crippen molar-refractivity contribution in [3.63, 3.8) is 0 Å². The van der Waals surface area contributed by atoms with Gasteiger partial charge in [0.1, 0.15) is 5.75 Å². The summed E-state index contributed by atoms with van der Waals surface area (Å²) in [7, 11) is 3.99. The first-order chi connectivity index (χ1) is 12.3. The van der Waals surface area contributed by atoms with Crippen LogP contribution in [0.3, 0.4) is 0 Å². The molecule has 1 amide bonds. The summed E-state index contributed by atoms with van der Waals surface area (Å²) in [5, 5.41) is 10.7. The van der Waals surface area contributed by atoms with E-state index in [0.29, 0.717) is 16.6 Å². The second kappa shape index (κ2) is 7.87. The zero-order chi connectivity index (χ0) is 18.8. The number of carbonyl (C=O) groups excluding carboxylic acids is 1. The number of hydrogen-bond donors (Lipinski definition) is 1. The van der Waals surface area contributed by atoms with Crippen molar-refractivity contribution in [2.75, 3.05) is 27.2 Å². The average molecular weight is 393 g/mol. The van der Waals surface area contributed by atoms with E-state index >= 15 is 0 Å². The second-order valence-corrected chi connectivity index (χ2v) is 7.74. The molecule has 1 aliphatic rings. The van der Waals surface area contributed by atoms with Gasteiger partial charge in [0, 0.05) is 13.1 Å². The molecule has 0 radical (unpaired) electrons. The van der Waals surface area contributed by atoms with Gasteiger partial charge >= 0.3 is 0 Å². The molecule has 4 nitrogen and oxygen atoms in total. The van der Waals surface area contributed by atoms with Crippen molar-refractivity contribution in [1.29, 1.82) is 0 Å². The van der Waals surface area contributed by atoms with Crippen LogP contribution in [0.2, 0.25) is 10.0 Å². The van der Waals surface area contributed by atoms with Crippen molar-refractivity contribution in [2.45, 2.75) is 18.9 Å². The predicted molar refractivity (Wildman–Crippen MR) is 105 cm³/mol. The molecule has 138 valence electrons. The maximum atomic E-state index is 13.0. The Morgan fingerprint density at radius 3 is 2.65 bits per heavy atom. The fourth-order valence-electron chi connectivity index (χ4n) is 3.47. The Bertz CT molecular complexity index is 823. The van der Waals surface area contributed by atoms with Crippen LogP contribution in [0.4, 0.5) is 0 Å². The van der Waals surface area contributed by atoms with E-state index in [4.69, 9.17) is 23.2 Å². The topological polar surface area (TPSA) is 43.8 Å². The van der Waals surface area contributed by atoms with Gasteiger partial charge < -0.3 is 14.9 Å². The minimum absolute atomic E-state index is 0.0374. The molecule has 3 rings (SSSR count). The normalized spacial score (nSPS) is 16.7. The molecule has 6 heteroatoms. The van der Waals surface area contributed by atoms with E-state index in [-0.39, 0.29) is 24.1 Å². The average Bonchev–Trinajstić information content (AvgIpc) is 2.57. The molecule has 0 spiro atoms. The zero-order valence-electron chi connectivity index (χ0n) is 14.9. The lowest BCUT2D eigenvalue weighted by Gasteiger charge is -2.39. The molecule has 1 unspecified atom stereocenters. The summed E-state index contributed by atoms with van der Waals surface area (Å²) < 4.78 is 0. The van der Waals surface area contributed by atoms with E-state index < -0.39 is 0 Å². The Hall–Kier alpha value is -1.75. The van der Waals surface area contributed by atoms with Gasteiger partial charge in [-0.15, -0.1) is 0 Å². The number of benzene rings is 2. The molecule has 0 saturated carbocycles. The van der Waals surface area contributed by atoms with Crippen molar-refractivity contribution in [2.24, 2.45) is 0 Å². The molecular formula is C20H22Cl2N2O2. The predicted octanol–water partition coefficient (Wildman–Crippen LogP) is 3.93. The molecule has 1 N–H and O–H groups in total. The lowest BCUT2D eigenvalue weighted by atomic mass is 9.91. The Morgan fingerprint density at radius 1 is 1.19 bits per heavy atom. The van der Waals surface area contributed by atoms with E-state index in [2.05, 4.69) is 4.90 Å². The van der Waals surface area contributed by atoms with Gasteiger partial charge in [0.15, 0.2) is 0 Å². The van der Waals surface area contributed by atoms with Gasteiger partial charge in [-0.25, -0.2) is 0 Å². The smallest absolute Gasteiger partial charge is 0.227 e. The van der Waals surface area contributed by atoms with Crippen molar-refractivity contribution < 1.29 is 9.90 Å². The van der Waals surface area contributed by atoms with Crippen LogP contribution in [0.1, 0.15) is 22.7 Å². The molecule has 2 aromatic rings. The third-order valence-electron chi connectivity index (χ3n) is 4.68. The van der Waals surface area contributed by atoms with Crippen LogP contribution in [0.5, 0.6) is 5.75 Å². The summed E-state index contributed by atoms with van der Waals surface area (Å²) in [6.45, 7) is 1.36. The molecule has 0 aliphatic carbocycles. The van der Waals surface area contributed by atoms with Gasteiger partial charge in [-0.2, -0.15) is 0 Å². The summed E-state index contributed by atoms with van der Waals surface area (Å²) >= 11 is 12.0. The largest absolute Gasteiger partial charge is 0.508 e. The number of carbonyl (C=O) groups is 1. The van der Waals surface area contributed by atoms with Gasteiger partial charge in [0.05, 0.1) is 22.5 Å². The number of likely N-dealkylation sites (N-methyl/N-ethyl adjacent to an activating group) is 1. The number of fused-ring (bicyclic) bond motifs is 1. The first-order valence-corrected chi connectivity index (χ1v) is 9.30. The van der Waals surface area contributed by atoms with Gasteiger partial charge in [0.25, 0.3) is 0 Å². The molecule has 2 aromatic carbocycles. The maximum Gasteiger partial charge on any atom is 0.227 e. The van der Waals surface area contributed by atoms with Crippen molar-refractivity contribution in [1.82, 2.24) is 9.80 Å². The molecule has 0 fully saturated rings. The van der Waals surface area contributed by atoms with E-state index in [1.165, 1.54) is 0 Å². The van der Waals surface area contributed by atoms with Gasteiger partial charge in [-0.3, -0.25) is 4.79 Å². The fourth-order valence-corrected chi connectivity index (χ4v) is 3.79. The molecule has 0 aromatic heterocycles. The zero-order valence-corrected chi connectivity index (χ0v) is 16.4. The highest BCUT2D eigenvalue weighted by atomic mass is 35.5. The summed E-state index contributed by atoms with van der Waals surface area (Å²) in [6.07, 6.45) is 1.02. The molecule has 0 bridgehead atoms. The van der Waals surface area contributed by atoms with E-state index in [0.717, 1.165) is 29.7 Å². The van der Waals surface area contributed by atoms with Crippen LogP contribution < -0.4 is 0 Å². The number of phenolic OH excluding ortho intramolecular Hbond substituents is 1. The summed E-state index contributed by atoms with van der Waals surface area (Å²) in [4.78, 5) is 17.0. The standard InChI is InChI=1S/C20H22Cl2N2O2/c1-23(2)12-19-16-5-4-15(25)11-14(16)7-8-24(19)20(26)10-13-3-6-17(21)18(22)9-13/h3-6,9,11,19,25H,7-8,10,12H2,1-2H3. The first-order valence-electron chi connectivity index (χ1n) is 8.55. The first kappa shape index (κ1) is 19.0. The van der Waals surface area contributed by atoms with Gasteiger partial charge in [0.2, 0.25) is 5.91 Å². The Morgan fingerprint density at radius 2 is 1.96 bits per heavy atom. The Labute approximate surface area is 163 Å². The van der Waals surface area contributed by atoms with E-state index in [9.17, 15) is 9.90 Å². The highest BCUT2D eigenvalue weighted by molar-refractivity contribution is 6.42. The lowest BCUT2D eigenvalue weighted by molar-refractivity contribution is -0.133. The number of rotatable bonds is 4. The molecule has 1 heterocycles. The summed E-state index contributed by atoms with van der Waals surface area (Å²) in [6, 6.07) is 10.7. The number of halogens is 2. The van der Waals surface area contributed by atoms with Gasteiger partial charge in [-0.1, -0.05) is 35.3 Å². The van der Waals surface area contributed by atoms with Crippen LogP contribution in [-0.4, -0.2) is 48.0 Å². The second-order valence-electron chi connectivity index (χ2n) is 6.92. The SMILES string of the molecule is CN(C)CC1c2ccc(O)cc2CCN1C(=O)Cc1ccc(Cl)c(Cl)c1. The lowest BCUT2D eigenvalue weighted by Crippen LogP contribution is -2.44. The molecule has 26 heavy (non-hydrogen) atoms. The van der Waals surface area contributed by atoms with Crippen LogP contribution >= 0.6 is 23.2 Å². The minimum atomic E-state index is -0.0374. The van der Waals surface area contributed by atoms with Crippen molar-refractivity contribution >= 4 is 29.1 Å². The monoisotopic (exact) mass is 392 g/mol.